The molecule has 0 aliphatic carbocycles. The number of para-hydroxylation sites is 1. The zero-order valence-corrected chi connectivity index (χ0v) is 14.5. The quantitative estimate of drug-likeness (QED) is 0.851. The Bertz CT molecular complexity index is 794. The number of rotatable bonds is 6. The van der Waals surface area contributed by atoms with Crippen LogP contribution in [0.25, 0.3) is 0 Å². The van der Waals surface area contributed by atoms with E-state index in [1.165, 1.54) is 37.1 Å². The maximum atomic E-state index is 12.7. The van der Waals surface area contributed by atoms with Crippen molar-refractivity contribution in [2.24, 2.45) is 0 Å². The number of nitrogens with one attached hydrogen (secondary N) is 1. The van der Waals surface area contributed by atoms with Gasteiger partial charge in [-0.2, -0.15) is 8.78 Å². The van der Waals surface area contributed by atoms with E-state index in [9.17, 15) is 18.4 Å². The Hall–Kier alpha value is -3.16. The molecule has 2 rings (SSSR count). The second kappa shape index (κ2) is 8.28. The average Bonchev–Trinajstić information content (AvgIpc) is 2.61. The highest BCUT2D eigenvalue weighted by Gasteiger charge is 2.20. The Balaban J connectivity index is 2.23. The third-order valence-electron chi connectivity index (χ3n) is 3.64. The number of ether oxygens (including phenoxy) is 2. The molecule has 8 heteroatoms. The zero-order valence-electron chi connectivity index (χ0n) is 14.5. The maximum Gasteiger partial charge on any atom is 0.387 e. The molecule has 0 saturated carbocycles. The highest BCUT2D eigenvalue weighted by molar-refractivity contribution is 6.06. The van der Waals surface area contributed by atoms with Crippen LogP contribution in [-0.2, 0) is 4.79 Å². The summed E-state index contributed by atoms with van der Waals surface area (Å²) in [6, 6.07) is 10.8. The van der Waals surface area contributed by atoms with Gasteiger partial charge in [-0.05, 0) is 36.4 Å². The number of hydrogen-bond acceptors (Lipinski definition) is 4. The van der Waals surface area contributed by atoms with Crippen LogP contribution in [-0.4, -0.2) is 32.6 Å². The summed E-state index contributed by atoms with van der Waals surface area (Å²) in [6.45, 7) is -1.66. The van der Waals surface area contributed by atoms with Gasteiger partial charge in [0, 0.05) is 25.3 Å². The van der Waals surface area contributed by atoms with Crippen molar-refractivity contribution in [3.63, 3.8) is 0 Å². The molecular formula is C18H18F2N2O4. The summed E-state index contributed by atoms with van der Waals surface area (Å²) in [7, 11) is 2.92. The number of carbonyl (C=O) groups excluding carboxylic acids is 2. The average molecular weight is 364 g/mol. The van der Waals surface area contributed by atoms with E-state index >= 15 is 0 Å². The molecule has 0 heterocycles. The lowest BCUT2D eigenvalue weighted by molar-refractivity contribution is -0.116. The molecule has 6 nitrogen and oxygen atoms in total. The predicted octanol–water partition coefficient (Wildman–Crippen LogP) is 3.53. The number of benzene rings is 2. The lowest BCUT2D eigenvalue weighted by Gasteiger charge is -2.16. The minimum absolute atomic E-state index is 0.0244. The normalized spacial score (nSPS) is 10.4. The van der Waals surface area contributed by atoms with E-state index in [1.54, 1.807) is 31.3 Å². The first-order chi connectivity index (χ1) is 12.3. The van der Waals surface area contributed by atoms with Crippen molar-refractivity contribution in [2.45, 2.75) is 13.5 Å². The van der Waals surface area contributed by atoms with Crippen molar-refractivity contribution in [1.29, 1.82) is 0 Å². The van der Waals surface area contributed by atoms with Gasteiger partial charge in [0.05, 0.1) is 12.7 Å². The van der Waals surface area contributed by atoms with E-state index in [1.807, 2.05) is 0 Å². The summed E-state index contributed by atoms with van der Waals surface area (Å²) in [5.74, 6) is -1.08. The van der Waals surface area contributed by atoms with Crippen LogP contribution >= 0.6 is 0 Å². The Labute approximate surface area is 149 Å². The van der Waals surface area contributed by atoms with E-state index in [0.29, 0.717) is 11.4 Å². The minimum Gasteiger partial charge on any atom is -0.493 e. The van der Waals surface area contributed by atoms with Crippen LogP contribution in [0.2, 0.25) is 0 Å². The van der Waals surface area contributed by atoms with Crippen LogP contribution in [0.1, 0.15) is 17.3 Å². The SMILES string of the molecule is COc1cccc(C(=O)Nc2ccc(N(C)C(C)=O)cc2)c1OC(F)F. The Morgan fingerprint density at radius 3 is 2.31 bits per heavy atom. The number of alkyl halides is 2. The van der Waals surface area contributed by atoms with Crippen molar-refractivity contribution >= 4 is 23.2 Å². The first-order valence-corrected chi connectivity index (χ1v) is 7.61. The van der Waals surface area contributed by atoms with Gasteiger partial charge in [-0.3, -0.25) is 9.59 Å². The molecule has 2 amide bonds. The van der Waals surface area contributed by atoms with E-state index in [-0.39, 0.29) is 23.0 Å². The molecule has 1 N–H and O–H groups in total. The van der Waals surface area contributed by atoms with Crippen LogP contribution in [0.3, 0.4) is 0 Å². The molecule has 0 bridgehead atoms. The number of halogens is 2. The Morgan fingerprint density at radius 1 is 1.12 bits per heavy atom. The van der Waals surface area contributed by atoms with Crippen molar-refractivity contribution in [1.82, 2.24) is 0 Å². The summed E-state index contributed by atoms with van der Waals surface area (Å²) in [6.07, 6.45) is 0. The monoisotopic (exact) mass is 364 g/mol. The van der Waals surface area contributed by atoms with Gasteiger partial charge in [0.1, 0.15) is 0 Å². The number of nitrogens with zero attached hydrogens (tertiary/aromatic N) is 1. The lowest BCUT2D eigenvalue weighted by Crippen LogP contribution is -2.22. The molecule has 0 saturated heterocycles. The fourth-order valence-corrected chi connectivity index (χ4v) is 2.21. The Morgan fingerprint density at radius 2 is 1.77 bits per heavy atom. The lowest BCUT2D eigenvalue weighted by atomic mass is 10.1. The molecule has 0 unspecified atom stereocenters. The molecular weight excluding hydrogens is 346 g/mol. The van der Waals surface area contributed by atoms with Gasteiger partial charge in [-0.25, -0.2) is 0 Å². The molecule has 0 fully saturated rings. The van der Waals surface area contributed by atoms with Gasteiger partial charge < -0.3 is 19.7 Å². The van der Waals surface area contributed by atoms with Gasteiger partial charge in [0.15, 0.2) is 11.5 Å². The van der Waals surface area contributed by atoms with Crippen LogP contribution < -0.4 is 19.7 Å². The second-order valence-electron chi connectivity index (χ2n) is 5.29. The topological polar surface area (TPSA) is 67.9 Å². The van der Waals surface area contributed by atoms with Gasteiger partial charge in [-0.15, -0.1) is 0 Å². The van der Waals surface area contributed by atoms with Gasteiger partial charge >= 0.3 is 6.61 Å². The van der Waals surface area contributed by atoms with E-state index in [4.69, 9.17) is 4.74 Å². The van der Waals surface area contributed by atoms with Crippen molar-refractivity contribution in [3.8, 4) is 11.5 Å². The van der Waals surface area contributed by atoms with E-state index in [0.717, 1.165) is 0 Å². The molecule has 0 aromatic heterocycles. The van der Waals surface area contributed by atoms with Crippen molar-refractivity contribution in [3.05, 3.63) is 48.0 Å². The highest BCUT2D eigenvalue weighted by atomic mass is 19.3. The van der Waals surface area contributed by atoms with Crippen molar-refractivity contribution < 1.29 is 27.8 Å². The van der Waals surface area contributed by atoms with Crippen LogP contribution in [0.15, 0.2) is 42.5 Å². The molecule has 2 aromatic rings. The summed E-state index contributed by atoms with van der Waals surface area (Å²) in [5, 5.41) is 2.60. The fraction of sp³-hybridized carbons (Fsp3) is 0.222. The predicted molar refractivity (Wildman–Crippen MR) is 93.1 cm³/mol. The first-order valence-electron chi connectivity index (χ1n) is 7.61. The first kappa shape index (κ1) is 19.2. The number of hydrogen-bond donors (Lipinski definition) is 1. The molecule has 0 aliphatic heterocycles. The summed E-state index contributed by atoms with van der Waals surface area (Å²) in [5.41, 5.74) is 0.995. The summed E-state index contributed by atoms with van der Waals surface area (Å²) < 4.78 is 34.7. The molecule has 26 heavy (non-hydrogen) atoms. The van der Waals surface area contributed by atoms with E-state index in [2.05, 4.69) is 10.1 Å². The molecule has 0 spiro atoms. The fourth-order valence-electron chi connectivity index (χ4n) is 2.21. The second-order valence-corrected chi connectivity index (χ2v) is 5.29. The zero-order chi connectivity index (χ0) is 19.3. The van der Waals surface area contributed by atoms with Crippen LogP contribution in [0.5, 0.6) is 11.5 Å². The third kappa shape index (κ3) is 4.47. The smallest absolute Gasteiger partial charge is 0.387 e. The minimum atomic E-state index is -3.10. The number of anilines is 2. The number of carbonyl (C=O) groups is 2. The largest absolute Gasteiger partial charge is 0.493 e. The third-order valence-corrected chi connectivity index (χ3v) is 3.64. The molecule has 0 aliphatic rings. The van der Waals surface area contributed by atoms with Gasteiger partial charge in [-0.1, -0.05) is 6.07 Å². The van der Waals surface area contributed by atoms with Gasteiger partial charge in [0.2, 0.25) is 5.91 Å². The van der Waals surface area contributed by atoms with Gasteiger partial charge in [0.25, 0.3) is 5.91 Å². The molecule has 0 radical (unpaired) electrons. The molecule has 0 atom stereocenters. The number of amides is 2. The Kier molecular flexibility index (Phi) is 6.11. The molecule has 2 aromatic carbocycles. The van der Waals surface area contributed by atoms with E-state index < -0.39 is 12.5 Å². The number of methoxy groups -OCH3 is 1. The summed E-state index contributed by atoms with van der Waals surface area (Å²) in [4.78, 5) is 25.2. The highest BCUT2D eigenvalue weighted by Crippen LogP contribution is 2.33. The summed E-state index contributed by atoms with van der Waals surface area (Å²) >= 11 is 0. The molecule has 138 valence electrons. The maximum absolute atomic E-state index is 12.7. The van der Waals surface area contributed by atoms with Crippen molar-refractivity contribution in [2.75, 3.05) is 24.4 Å². The van der Waals surface area contributed by atoms with Crippen LogP contribution in [0, 0.1) is 0 Å². The standard InChI is InChI=1S/C18H18F2N2O4/c1-11(23)22(2)13-9-7-12(8-10-13)21-17(24)14-5-4-6-15(25-3)16(14)26-18(19)20/h4-10,18H,1-3H3,(H,21,24). The van der Waals surface area contributed by atoms with Crippen LogP contribution in [0.4, 0.5) is 20.2 Å².